The fourth-order valence-corrected chi connectivity index (χ4v) is 4.52. The topological polar surface area (TPSA) is 54.3 Å². The average molecular weight is 414 g/mol. The average Bonchev–Trinajstić information content (AvgIpc) is 3.31. The third-order valence-corrected chi connectivity index (χ3v) is 6.63. The van der Waals surface area contributed by atoms with Crippen LogP contribution in [-0.2, 0) is 6.54 Å². The van der Waals surface area contributed by atoms with Crippen LogP contribution in [0.4, 0.5) is 5.13 Å². The molecule has 0 aliphatic heterocycles. The Kier molecular flexibility index (Phi) is 6.70. The predicted molar refractivity (Wildman–Crippen MR) is 121 cm³/mol. The maximum atomic E-state index is 13.4. The lowest BCUT2D eigenvalue weighted by Gasteiger charge is -2.24. The van der Waals surface area contributed by atoms with Crippen molar-refractivity contribution < 1.29 is 4.79 Å². The molecule has 2 aromatic heterocycles. The maximum absolute atomic E-state index is 13.4. The Morgan fingerprint density at radius 3 is 2.45 bits per heavy atom. The number of carbonyl (C=O) groups excluding carboxylic acids is 1. The Hall–Kier alpha value is -2.25. The second-order valence-electron chi connectivity index (χ2n) is 7.32. The molecule has 0 aliphatic rings. The smallest absolute Gasteiger partial charge is 0.280 e. The summed E-state index contributed by atoms with van der Waals surface area (Å²) in [5.74, 6) is -0.0825. The molecule has 0 saturated heterocycles. The minimum absolute atomic E-state index is 0.0825. The van der Waals surface area contributed by atoms with E-state index in [9.17, 15) is 4.79 Å². The lowest BCUT2D eigenvalue weighted by molar-refractivity contribution is 0.0978. The van der Waals surface area contributed by atoms with Gasteiger partial charge in [-0.1, -0.05) is 31.3 Å². The van der Waals surface area contributed by atoms with E-state index in [2.05, 4.69) is 49.8 Å². The van der Waals surface area contributed by atoms with Crippen molar-refractivity contribution in [2.75, 3.05) is 31.1 Å². The summed E-state index contributed by atoms with van der Waals surface area (Å²) < 4.78 is 2.97. The van der Waals surface area contributed by atoms with Crippen LogP contribution in [-0.4, -0.2) is 51.8 Å². The highest BCUT2D eigenvalue weighted by atomic mass is 32.1. The van der Waals surface area contributed by atoms with Crippen molar-refractivity contribution >= 4 is 32.6 Å². The number of anilines is 1. The van der Waals surface area contributed by atoms with Crippen molar-refractivity contribution in [1.29, 1.82) is 0 Å². The Morgan fingerprint density at radius 1 is 1.10 bits per heavy atom. The van der Waals surface area contributed by atoms with Crippen LogP contribution in [0.5, 0.6) is 0 Å². The zero-order chi connectivity index (χ0) is 21.1. The van der Waals surface area contributed by atoms with Crippen molar-refractivity contribution in [3.63, 3.8) is 0 Å². The van der Waals surface area contributed by atoms with Crippen molar-refractivity contribution in [2.45, 2.75) is 48.1 Å². The van der Waals surface area contributed by atoms with Gasteiger partial charge in [0, 0.05) is 25.3 Å². The molecule has 0 saturated carbocycles. The number of nitrogens with zero attached hydrogens (tertiary/aromatic N) is 5. The van der Waals surface area contributed by atoms with E-state index in [0.29, 0.717) is 12.2 Å². The molecule has 29 heavy (non-hydrogen) atoms. The molecule has 156 valence electrons. The third kappa shape index (κ3) is 4.36. The van der Waals surface area contributed by atoms with Gasteiger partial charge in [-0.05, 0) is 64.0 Å². The van der Waals surface area contributed by atoms with Gasteiger partial charge in [-0.15, -0.1) is 0 Å². The number of hydrogen-bond donors (Lipinski definition) is 0. The molecule has 1 aromatic carbocycles. The molecule has 2 heterocycles. The Bertz CT molecular complexity index is 1000. The summed E-state index contributed by atoms with van der Waals surface area (Å²) in [6, 6.07) is 6.09. The minimum Gasteiger partial charge on any atom is -0.302 e. The highest BCUT2D eigenvalue weighted by molar-refractivity contribution is 7.22. The number of rotatable bonds is 8. The van der Waals surface area contributed by atoms with Gasteiger partial charge in [-0.3, -0.25) is 14.4 Å². The molecule has 0 spiro atoms. The van der Waals surface area contributed by atoms with E-state index in [1.165, 1.54) is 11.1 Å². The van der Waals surface area contributed by atoms with Gasteiger partial charge in [0.15, 0.2) is 10.8 Å². The predicted octanol–water partition coefficient (Wildman–Crippen LogP) is 4.43. The molecule has 3 rings (SSSR count). The van der Waals surface area contributed by atoms with Crippen LogP contribution >= 0.6 is 11.3 Å². The van der Waals surface area contributed by atoms with Gasteiger partial charge in [0.2, 0.25) is 0 Å². The van der Waals surface area contributed by atoms with Crippen LogP contribution in [0.1, 0.15) is 48.1 Å². The number of likely N-dealkylation sites (N-methyl/N-ethyl adjacent to an activating group) is 1. The number of fused-ring (bicyclic) bond motifs is 1. The molecule has 6 nitrogen and oxygen atoms in total. The molecule has 0 fully saturated rings. The first-order chi connectivity index (χ1) is 13.9. The van der Waals surface area contributed by atoms with Crippen molar-refractivity contribution in [1.82, 2.24) is 19.7 Å². The van der Waals surface area contributed by atoms with Crippen LogP contribution < -0.4 is 4.90 Å². The fraction of sp³-hybridized carbons (Fsp3) is 0.500. The number of hydrogen-bond acceptors (Lipinski definition) is 5. The summed E-state index contributed by atoms with van der Waals surface area (Å²) in [7, 11) is 0. The summed E-state index contributed by atoms with van der Waals surface area (Å²) in [6.07, 6.45) is 0. The monoisotopic (exact) mass is 413 g/mol. The molecule has 3 aromatic rings. The van der Waals surface area contributed by atoms with Crippen LogP contribution in [0, 0.1) is 20.8 Å². The number of carbonyl (C=O) groups is 1. The molecular weight excluding hydrogens is 382 g/mol. The summed E-state index contributed by atoms with van der Waals surface area (Å²) >= 11 is 1.58. The van der Waals surface area contributed by atoms with Crippen LogP contribution in [0.15, 0.2) is 18.2 Å². The largest absolute Gasteiger partial charge is 0.302 e. The molecule has 0 bridgehead atoms. The van der Waals surface area contributed by atoms with Gasteiger partial charge in [-0.2, -0.15) is 5.10 Å². The lowest BCUT2D eigenvalue weighted by atomic mass is 10.1. The van der Waals surface area contributed by atoms with Crippen molar-refractivity contribution in [3.8, 4) is 0 Å². The molecule has 0 N–H and O–H groups in total. The van der Waals surface area contributed by atoms with Crippen molar-refractivity contribution in [2.24, 2.45) is 0 Å². The Morgan fingerprint density at radius 2 is 1.83 bits per heavy atom. The SMILES string of the molecule is CCN(CC)CCN(C(=O)c1cc(C)n(CC)n1)c1nc2c(C)c(C)ccc2s1. The van der Waals surface area contributed by atoms with Crippen LogP contribution in [0.3, 0.4) is 0 Å². The molecule has 0 unspecified atom stereocenters. The quantitative estimate of drug-likeness (QED) is 0.548. The van der Waals surface area contributed by atoms with E-state index in [1.807, 2.05) is 24.6 Å². The Labute approximate surface area is 177 Å². The number of benzene rings is 1. The summed E-state index contributed by atoms with van der Waals surface area (Å²) in [6.45, 7) is 16.6. The third-order valence-electron chi connectivity index (χ3n) is 5.58. The first-order valence-electron chi connectivity index (χ1n) is 10.3. The van der Waals surface area contributed by atoms with Gasteiger partial charge in [0.1, 0.15) is 0 Å². The van der Waals surface area contributed by atoms with Gasteiger partial charge in [0.25, 0.3) is 5.91 Å². The number of thiazole rings is 1. The van der Waals surface area contributed by atoms with Gasteiger partial charge < -0.3 is 4.90 Å². The highest BCUT2D eigenvalue weighted by Gasteiger charge is 2.25. The van der Waals surface area contributed by atoms with Gasteiger partial charge in [-0.25, -0.2) is 4.98 Å². The van der Waals surface area contributed by atoms with Crippen LogP contribution in [0.25, 0.3) is 10.2 Å². The second-order valence-corrected chi connectivity index (χ2v) is 8.33. The van der Waals surface area contributed by atoms with E-state index < -0.39 is 0 Å². The molecule has 1 amide bonds. The van der Waals surface area contributed by atoms with Gasteiger partial charge >= 0.3 is 0 Å². The normalized spacial score (nSPS) is 11.6. The molecule has 0 atom stereocenters. The van der Waals surface area contributed by atoms with Gasteiger partial charge in [0.05, 0.1) is 10.2 Å². The summed E-state index contributed by atoms with van der Waals surface area (Å²) in [4.78, 5) is 22.4. The number of aryl methyl sites for hydroxylation is 4. The summed E-state index contributed by atoms with van der Waals surface area (Å²) in [5, 5.41) is 5.26. The second kappa shape index (κ2) is 9.05. The van der Waals surface area contributed by atoms with E-state index in [-0.39, 0.29) is 5.91 Å². The van der Waals surface area contributed by atoms with E-state index in [1.54, 1.807) is 16.2 Å². The number of aromatic nitrogens is 3. The molecule has 0 radical (unpaired) electrons. The number of amides is 1. The van der Waals surface area contributed by atoms with Crippen LogP contribution in [0.2, 0.25) is 0 Å². The van der Waals surface area contributed by atoms with Crippen molar-refractivity contribution in [3.05, 3.63) is 40.7 Å². The molecule has 0 aliphatic carbocycles. The first kappa shape index (κ1) is 21.5. The minimum atomic E-state index is -0.0825. The van der Waals surface area contributed by atoms with E-state index in [0.717, 1.165) is 47.2 Å². The Balaban J connectivity index is 2.00. The summed E-state index contributed by atoms with van der Waals surface area (Å²) in [5.41, 5.74) is 4.85. The molecular formula is C22H31N5OS. The lowest BCUT2D eigenvalue weighted by Crippen LogP contribution is -2.39. The molecule has 7 heteroatoms. The van der Waals surface area contributed by atoms with E-state index >= 15 is 0 Å². The first-order valence-corrected chi connectivity index (χ1v) is 11.2. The zero-order valence-electron chi connectivity index (χ0n) is 18.3. The highest BCUT2D eigenvalue weighted by Crippen LogP contribution is 2.32. The zero-order valence-corrected chi connectivity index (χ0v) is 19.1. The standard InChI is InChI=1S/C22H31N5OS/c1-7-25(8-2)12-13-26(21(28)18-14-16(5)27(9-3)24-18)22-23-20-17(6)15(4)10-11-19(20)29-22/h10-11,14H,7-9,12-13H2,1-6H3. The maximum Gasteiger partial charge on any atom is 0.280 e. The van der Waals surface area contributed by atoms with E-state index in [4.69, 9.17) is 4.98 Å². The fourth-order valence-electron chi connectivity index (χ4n) is 3.47.